The van der Waals surface area contributed by atoms with E-state index in [1.807, 2.05) is 20.8 Å². The van der Waals surface area contributed by atoms with Crippen LogP contribution in [0.25, 0.3) is 10.9 Å². The largest absolute Gasteiger partial charge is 0.480 e. The lowest BCUT2D eigenvalue weighted by Gasteiger charge is -2.21. The van der Waals surface area contributed by atoms with E-state index in [9.17, 15) is 23.9 Å². The molecule has 25 heavy (non-hydrogen) atoms. The molecule has 0 aliphatic heterocycles. The summed E-state index contributed by atoms with van der Waals surface area (Å²) in [6, 6.07) is 3.67. The van der Waals surface area contributed by atoms with Crippen LogP contribution in [-0.4, -0.2) is 28.0 Å². The summed E-state index contributed by atoms with van der Waals surface area (Å²) < 4.78 is 13.3. The Hall–Kier alpha value is -2.70. The molecule has 0 saturated carbocycles. The van der Waals surface area contributed by atoms with Crippen molar-refractivity contribution in [2.45, 2.75) is 39.7 Å². The van der Waals surface area contributed by atoms with Crippen molar-refractivity contribution in [2.75, 3.05) is 0 Å². The van der Waals surface area contributed by atoms with Gasteiger partial charge in [0.25, 0.3) is 5.91 Å². The van der Waals surface area contributed by atoms with E-state index in [1.165, 1.54) is 12.1 Å². The van der Waals surface area contributed by atoms with Crippen LogP contribution in [0.15, 0.2) is 29.1 Å². The van der Waals surface area contributed by atoms with Crippen molar-refractivity contribution in [1.29, 1.82) is 0 Å². The van der Waals surface area contributed by atoms with Gasteiger partial charge in [0.15, 0.2) is 0 Å². The van der Waals surface area contributed by atoms with Gasteiger partial charge in [-0.25, -0.2) is 9.18 Å². The summed E-state index contributed by atoms with van der Waals surface area (Å²) in [6.45, 7) is 5.94. The number of hydrogen-bond acceptors (Lipinski definition) is 3. The van der Waals surface area contributed by atoms with Gasteiger partial charge in [0.2, 0.25) is 5.56 Å². The van der Waals surface area contributed by atoms with Crippen LogP contribution >= 0.6 is 0 Å². The maximum absolute atomic E-state index is 13.3. The second kappa shape index (κ2) is 7.04. The van der Waals surface area contributed by atoms with E-state index in [4.69, 9.17) is 0 Å². The zero-order valence-corrected chi connectivity index (χ0v) is 14.4. The molecule has 3 N–H and O–H groups in total. The number of aromatic amines is 1. The molecular formula is C18H21FN2O4. The van der Waals surface area contributed by atoms with Gasteiger partial charge in [0.1, 0.15) is 11.9 Å². The molecule has 0 aliphatic carbocycles. The summed E-state index contributed by atoms with van der Waals surface area (Å²) in [5, 5.41) is 12.1. The van der Waals surface area contributed by atoms with Crippen LogP contribution in [0, 0.1) is 11.2 Å². The number of rotatable bonds is 5. The van der Waals surface area contributed by atoms with Crippen LogP contribution in [0.2, 0.25) is 0 Å². The third-order valence-corrected chi connectivity index (χ3v) is 3.84. The fraction of sp³-hybridized carbons (Fsp3) is 0.389. The molecule has 1 unspecified atom stereocenters. The van der Waals surface area contributed by atoms with Crippen molar-refractivity contribution in [3.05, 3.63) is 46.0 Å². The van der Waals surface area contributed by atoms with Crippen molar-refractivity contribution < 1.29 is 19.1 Å². The van der Waals surface area contributed by atoms with Crippen molar-refractivity contribution in [2.24, 2.45) is 5.41 Å². The van der Waals surface area contributed by atoms with Gasteiger partial charge in [-0.2, -0.15) is 0 Å². The Morgan fingerprint density at radius 3 is 2.56 bits per heavy atom. The second-order valence-electron chi connectivity index (χ2n) is 7.20. The van der Waals surface area contributed by atoms with E-state index >= 15 is 0 Å². The van der Waals surface area contributed by atoms with Crippen molar-refractivity contribution in [1.82, 2.24) is 10.3 Å². The lowest BCUT2D eigenvalue weighted by atomic mass is 9.88. The molecule has 0 radical (unpaired) electrons. The lowest BCUT2D eigenvalue weighted by Crippen LogP contribution is -2.41. The van der Waals surface area contributed by atoms with Gasteiger partial charge in [-0.05, 0) is 36.5 Å². The highest BCUT2D eigenvalue weighted by Gasteiger charge is 2.24. The Balaban J connectivity index is 2.31. The molecule has 1 aromatic carbocycles. The summed E-state index contributed by atoms with van der Waals surface area (Å²) in [7, 11) is 0. The van der Waals surface area contributed by atoms with Gasteiger partial charge in [-0.3, -0.25) is 9.59 Å². The third-order valence-electron chi connectivity index (χ3n) is 3.84. The number of carboxylic acids is 1. The monoisotopic (exact) mass is 348 g/mol. The van der Waals surface area contributed by atoms with E-state index in [0.717, 1.165) is 12.1 Å². The van der Waals surface area contributed by atoms with Gasteiger partial charge in [-0.15, -0.1) is 0 Å². The zero-order chi connectivity index (χ0) is 18.8. The number of carbonyl (C=O) groups is 2. The zero-order valence-electron chi connectivity index (χ0n) is 14.4. The van der Waals surface area contributed by atoms with Crippen LogP contribution < -0.4 is 10.9 Å². The Morgan fingerprint density at radius 1 is 1.28 bits per heavy atom. The van der Waals surface area contributed by atoms with Crippen LogP contribution in [0.1, 0.15) is 44.0 Å². The Morgan fingerprint density at radius 2 is 1.96 bits per heavy atom. The fourth-order valence-corrected chi connectivity index (χ4v) is 2.49. The number of hydrogen-bond donors (Lipinski definition) is 3. The first-order chi connectivity index (χ1) is 11.6. The lowest BCUT2D eigenvalue weighted by molar-refractivity contribution is -0.139. The topological polar surface area (TPSA) is 99.3 Å². The summed E-state index contributed by atoms with van der Waals surface area (Å²) in [4.78, 5) is 38.1. The molecule has 1 heterocycles. The molecule has 1 aromatic heterocycles. The van der Waals surface area contributed by atoms with E-state index in [0.29, 0.717) is 11.8 Å². The van der Waals surface area contributed by atoms with Crippen molar-refractivity contribution in [3.63, 3.8) is 0 Å². The Kier molecular flexibility index (Phi) is 5.25. The van der Waals surface area contributed by atoms with Crippen LogP contribution in [0.5, 0.6) is 0 Å². The van der Waals surface area contributed by atoms with Crippen LogP contribution in [0.4, 0.5) is 4.39 Å². The molecule has 7 heteroatoms. The minimum Gasteiger partial charge on any atom is -0.480 e. The predicted octanol–water partition coefficient (Wildman–Crippen LogP) is 2.68. The third kappa shape index (κ3) is 4.89. The highest BCUT2D eigenvalue weighted by atomic mass is 19.1. The number of carboxylic acid groups (broad SMARTS) is 1. The van der Waals surface area contributed by atoms with Crippen molar-refractivity contribution >= 4 is 22.8 Å². The highest BCUT2D eigenvalue weighted by molar-refractivity contribution is 6.06. The first-order valence-corrected chi connectivity index (χ1v) is 7.93. The predicted molar refractivity (Wildman–Crippen MR) is 92.1 cm³/mol. The van der Waals surface area contributed by atoms with Gasteiger partial charge in [0.05, 0.1) is 11.1 Å². The van der Waals surface area contributed by atoms with Gasteiger partial charge in [-0.1, -0.05) is 20.8 Å². The second-order valence-corrected chi connectivity index (χ2v) is 7.20. The SMILES string of the molecule is CC(C)(C)CCC(NC(=O)c1cc(=O)[nH]c2cc(F)ccc12)C(=O)O. The minimum atomic E-state index is -1.14. The molecule has 1 atom stereocenters. The van der Waals surface area contributed by atoms with Crippen LogP contribution in [-0.2, 0) is 4.79 Å². The Labute approximate surface area is 144 Å². The minimum absolute atomic E-state index is 0.0146. The number of fused-ring (bicyclic) bond motifs is 1. The van der Waals surface area contributed by atoms with E-state index in [2.05, 4.69) is 10.3 Å². The molecule has 0 bridgehead atoms. The first kappa shape index (κ1) is 18.6. The molecule has 2 rings (SSSR count). The standard InChI is InChI=1S/C18H21FN2O4/c1-18(2,3)7-6-13(17(24)25)21-16(23)12-9-15(22)20-14-8-10(19)4-5-11(12)14/h4-5,8-9,13H,6-7H2,1-3H3,(H,20,22)(H,21,23)(H,24,25). The molecule has 6 nitrogen and oxygen atoms in total. The van der Waals surface area contributed by atoms with E-state index < -0.39 is 29.3 Å². The molecule has 1 amide bonds. The summed E-state index contributed by atoms with van der Waals surface area (Å²) >= 11 is 0. The number of carbonyl (C=O) groups excluding carboxylic acids is 1. The fourth-order valence-electron chi connectivity index (χ4n) is 2.49. The molecule has 0 aliphatic rings. The molecule has 0 spiro atoms. The maximum Gasteiger partial charge on any atom is 0.326 e. The average molecular weight is 348 g/mol. The molecule has 134 valence electrons. The first-order valence-electron chi connectivity index (χ1n) is 7.93. The number of halogens is 1. The van der Waals surface area contributed by atoms with E-state index in [1.54, 1.807) is 0 Å². The molecular weight excluding hydrogens is 327 g/mol. The number of nitrogens with one attached hydrogen (secondary N) is 2. The number of aromatic nitrogens is 1. The number of pyridine rings is 1. The smallest absolute Gasteiger partial charge is 0.326 e. The summed E-state index contributed by atoms with van der Waals surface area (Å²) in [5.74, 6) is -2.36. The summed E-state index contributed by atoms with van der Waals surface area (Å²) in [5.41, 5.74) is -0.447. The quantitative estimate of drug-likeness (QED) is 0.773. The highest BCUT2D eigenvalue weighted by Crippen LogP contribution is 2.22. The normalized spacial score (nSPS) is 12.8. The van der Waals surface area contributed by atoms with Gasteiger partial charge < -0.3 is 15.4 Å². The van der Waals surface area contributed by atoms with Gasteiger partial charge in [0, 0.05) is 11.5 Å². The van der Waals surface area contributed by atoms with Crippen molar-refractivity contribution in [3.8, 4) is 0 Å². The maximum atomic E-state index is 13.3. The average Bonchev–Trinajstić information content (AvgIpc) is 2.48. The Bertz CT molecular complexity index is 867. The van der Waals surface area contributed by atoms with Crippen LogP contribution in [0.3, 0.4) is 0 Å². The molecule has 0 saturated heterocycles. The number of benzene rings is 1. The number of aliphatic carboxylic acids is 1. The molecule has 0 fully saturated rings. The van der Waals surface area contributed by atoms with Gasteiger partial charge >= 0.3 is 5.97 Å². The van der Waals surface area contributed by atoms with E-state index in [-0.39, 0.29) is 22.9 Å². The molecule has 2 aromatic rings. The number of amides is 1. The number of H-pyrrole nitrogens is 1. The summed E-state index contributed by atoms with van der Waals surface area (Å²) in [6.07, 6.45) is 0.867.